The van der Waals surface area contributed by atoms with E-state index < -0.39 is 0 Å². The molecule has 3 aromatic carbocycles. The molecule has 0 radical (unpaired) electrons. The van der Waals surface area contributed by atoms with Gasteiger partial charge in [0.2, 0.25) is 0 Å². The summed E-state index contributed by atoms with van der Waals surface area (Å²) in [6, 6.07) is 22.3. The smallest absolute Gasteiger partial charge is 0.281 e. The van der Waals surface area contributed by atoms with Crippen molar-refractivity contribution in [3.05, 3.63) is 101 Å². The fraction of sp³-hybridized carbons (Fsp3) is 0.0800. The van der Waals surface area contributed by atoms with Gasteiger partial charge in [-0.1, -0.05) is 48.0 Å². The number of anilines is 2. The van der Waals surface area contributed by atoms with Gasteiger partial charge in [-0.05, 0) is 73.6 Å². The Labute approximate surface area is 186 Å². The molecule has 0 spiro atoms. The first-order valence-corrected chi connectivity index (χ1v) is 10.2. The molecule has 0 saturated carbocycles. The van der Waals surface area contributed by atoms with Gasteiger partial charge in [-0.25, -0.2) is 0 Å². The number of hydrogen-bond acceptors (Lipinski definition) is 3. The number of nitrogens with one attached hydrogen (secondary N) is 2. The number of benzene rings is 3. The number of thiocarbonyl (C=S) groups is 1. The minimum absolute atomic E-state index is 0.188. The van der Waals surface area contributed by atoms with Crippen LogP contribution in [0.2, 0.25) is 0 Å². The molecule has 5 nitrogen and oxygen atoms in total. The molecule has 0 aromatic heterocycles. The summed E-state index contributed by atoms with van der Waals surface area (Å²) in [7, 11) is 0. The maximum atomic E-state index is 13.0. The molecular formula is C25H21N3O2S. The number of hydrogen-bond donors (Lipinski definition) is 2. The van der Waals surface area contributed by atoms with E-state index in [1.54, 1.807) is 18.2 Å². The van der Waals surface area contributed by atoms with Crippen LogP contribution in [0.5, 0.6) is 0 Å². The van der Waals surface area contributed by atoms with Crippen molar-refractivity contribution in [3.63, 3.8) is 0 Å². The number of carbonyl (C=O) groups is 2. The average Bonchev–Trinajstić information content (AvgIpc) is 3.02. The molecule has 154 valence electrons. The van der Waals surface area contributed by atoms with Gasteiger partial charge in [0.15, 0.2) is 5.11 Å². The molecule has 1 saturated heterocycles. The molecule has 0 unspecified atom stereocenters. The Morgan fingerprint density at radius 3 is 2.48 bits per heavy atom. The van der Waals surface area contributed by atoms with E-state index in [0.717, 1.165) is 22.4 Å². The highest BCUT2D eigenvalue weighted by molar-refractivity contribution is 7.80. The molecular weight excluding hydrogens is 406 g/mol. The standard InChI is InChI=1S/C25H21N3O2S/c1-16-10-12-19(13-11-16)23(29)26-20-8-5-7-18(14-20)15-21-24(30)28(25(31)27-21)22-9-4-3-6-17(22)2/h3-15H,1-2H3,(H,26,29)(H,27,31)/b21-15-. The maximum Gasteiger partial charge on any atom is 0.281 e. The lowest BCUT2D eigenvalue weighted by Crippen LogP contribution is -2.30. The third kappa shape index (κ3) is 4.39. The van der Waals surface area contributed by atoms with Gasteiger partial charge in [-0.3, -0.25) is 14.5 Å². The van der Waals surface area contributed by atoms with E-state index >= 15 is 0 Å². The van der Waals surface area contributed by atoms with Crippen molar-refractivity contribution >= 4 is 46.6 Å². The molecule has 6 heteroatoms. The lowest BCUT2D eigenvalue weighted by atomic mass is 10.1. The summed E-state index contributed by atoms with van der Waals surface area (Å²) in [5.74, 6) is -0.403. The van der Waals surface area contributed by atoms with Gasteiger partial charge in [0.25, 0.3) is 11.8 Å². The van der Waals surface area contributed by atoms with E-state index in [0.29, 0.717) is 22.1 Å². The third-order valence-electron chi connectivity index (χ3n) is 5.00. The molecule has 3 aromatic rings. The number of amides is 2. The van der Waals surface area contributed by atoms with Crippen molar-refractivity contribution in [2.75, 3.05) is 10.2 Å². The highest BCUT2D eigenvalue weighted by atomic mass is 32.1. The lowest BCUT2D eigenvalue weighted by molar-refractivity contribution is -0.113. The minimum Gasteiger partial charge on any atom is -0.327 e. The van der Waals surface area contributed by atoms with Crippen LogP contribution < -0.4 is 15.5 Å². The topological polar surface area (TPSA) is 61.4 Å². The van der Waals surface area contributed by atoms with E-state index in [1.165, 1.54) is 4.90 Å². The second-order valence-corrected chi connectivity index (χ2v) is 7.75. The second-order valence-electron chi connectivity index (χ2n) is 7.36. The predicted octanol–water partition coefficient (Wildman–Crippen LogP) is 4.82. The van der Waals surface area contributed by atoms with Crippen molar-refractivity contribution in [2.24, 2.45) is 0 Å². The predicted molar refractivity (Wildman–Crippen MR) is 128 cm³/mol. The maximum absolute atomic E-state index is 13.0. The monoisotopic (exact) mass is 427 g/mol. The molecule has 0 bridgehead atoms. The number of rotatable bonds is 4. The largest absolute Gasteiger partial charge is 0.327 e. The Bertz CT molecular complexity index is 1220. The van der Waals surface area contributed by atoms with Crippen LogP contribution in [0.25, 0.3) is 6.08 Å². The zero-order chi connectivity index (χ0) is 22.0. The SMILES string of the molecule is Cc1ccc(C(=O)Nc2cccc(/C=C3\NC(=S)N(c4ccccc4C)C3=O)c2)cc1. The molecule has 4 rings (SSSR count). The van der Waals surface area contributed by atoms with Gasteiger partial charge >= 0.3 is 0 Å². The van der Waals surface area contributed by atoms with Crippen molar-refractivity contribution < 1.29 is 9.59 Å². The Kier molecular flexibility index (Phi) is 5.64. The Morgan fingerprint density at radius 2 is 1.74 bits per heavy atom. The average molecular weight is 428 g/mol. The molecule has 1 heterocycles. The van der Waals surface area contributed by atoms with Gasteiger partial charge in [0, 0.05) is 11.3 Å². The molecule has 31 heavy (non-hydrogen) atoms. The van der Waals surface area contributed by atoms with Gasteiger partial charge in [-0.2, -0.15) is 0 Å². The van der Waals surface area contributed by atoms with Crippen LogP contribution in [0, 0.1) is 13.8 Å². The summed E-state index contributed by atoms with van der Waals surface area (Å²) in [5.41, 5.74) is 5.19. The third-order valence-corrected chi connectivity index (χ3v) is 5.29. The molecule has 1 aliphatic rings. The Balaban J connectivity index is 1.55. The molecule has 0 atom stereocenters. The molecule has 2 N–H and O–H groups in total. The molecule has 2 amide bonds. The van der Waals surface area contributed by atoms with E-state index in [2.05, 4.69) is 10.6 Å². The van der Waals surface area contributed by atoms with Crippen molar-refractivity contribution in [1.29, 1.82) is 0 Å². The van der Waals surface area contributed by atoms with Crippen LogP contribution in [0.1, 0.15) is 27.0 Å². The van der Waals surface area contributed by atoms with E-state index in [-0.39, 0.29) is 11.8 Å². The zero-order valence-electron chi connectivity index (χ0n) is 17.2. The number of para-hydroxylation sites is 1. The summed E-state index contributed by atoms with van der Waals surface area (Å²) in [4.78, 5) is 27.0. The normalized spacial score (nSPS) is 14.6. The van der Waals surface area contributed by atoms with Crippen molar-refractivity contribution in [3.8, 4) is 0 Å². The molecule has 1 fully saturated rings. The first-order valence-electron chi connectivity index (χ1n) is 9.83. The Morgan fingerprint density at radius 1 is 1.00 bits per heavy atom. The van der Waals surface area contributed by atoms with Gasteiger partial charge in [0.05, 0.1) is 5.69 Å². The van der Waals surface area contributed by atoms with Gasteiger partial charge in [-0.15, -0.1) is 0 Å². The second kappa shape index (κ2) is 8.53. The van der Waals surface area contributed by atoms with Crippen LogP contribution in [0.3, 0.4) is 0 Å². The lowest BCUT2D eigenvalue weighted by Gasteiger charge is -2.16. The molecule has 0 aliphatic carbocycles. The fourth-order valence-corrected chi connectivity index (χ4v) is 3.64. The summed E-state index contributed by atoms with van der Waals surface area (Å²) in [6.45, 7) is 3.91. The van der Waals surface area contributed by atoms with E-state index in [9.17, 15) is 9.59 Å². The summed E-state index contributed by atoms with van der Waals surface area (Å²) >= 11 is 5.39. The fourth-order valence-electron chi connectivity index (χ4n) is 3.35. The van der Waals surface area contributed by atoms with Crippen LogP contribution in [-0.2, 0) is 4.79 Å². The van der Waals surface area contributed by atoms with Crippen molar-refractivity contribution in [1.82, 2.24) is 5.32 Å². The Hall–Kier alpha value is -3.77. The summed E-state index contributed by atoms with van der Waals surface area (Å²) < 4.78 is 0. The van der Waals surface area contributed by atoms with Crippen LogP contribution in [0.4, 0.5) is 11.4 Å². The van der Waals surface area contributed by atoms with Crippen LogP contribution >= 0.6 is 12.2 Å². The van der Waals surface area contributed by atoms with Crippen LogP contribution in [0.15, 0.2) is 78.5 Å². The van der Waals surface area contributed by atoms with Gasteiger partial charge < -0.3 is 10.6 Å². The first kappa shape index (κ1) is 20.5. The number of aryl methyl sites for hydroxylation is 2. The van der Waals surface area contributed by atoms with E-state index in [1.807, 2.05) is 74.5 Å². The summed E-state index contributed by atoms with van der Waals surface area (Å²) in [5, 5.41) is 6.24. The molecule has 1 aliphatic heterocycles. The first-order chi connectivity index (χ1) is 14.9. The number of carbonyl (C=O) groups excluding carboxylic acids is 2. The number of nitrogens with zero attached hydrogens (tertiary/aromatic N) is 1. The summed E-state index contributed by atoms with van der Waals surface area (Å²) in [6.07, 6.45) is 1.73. The van der Waals surface area contributed by atoms with Crippen LogP contribution in [-0.4, -0.2) is 16.9 Å². The van der Waals surface area contributed by atoms with Gasteiger partial charge in [0.1, 0.15) is 5.70 Å². The quantitative estimate of drug-likeness (QED) is 0.463. The zero-order valence-corrected chi connectivity index (χ0v) is 18.0. The highest BCUT2D eigenvalue weighted by Gasteiger charge is 2.32. The van der Waals surface area contributed by atoms with E-state index in [4.69, 9.17) is 12.2 Å². The minimum atomic E-state index is -0.214. The van der Waals surface area contributed by atoms with Crippen molar-refractivity contribution in [2.45, 2.75) is 13.8 Å². The highest BCUT2D eigenvalue weighted by Crippen LogP contribution is 2.26.